The minimum absolute atomic E-state index is 0.131. The van der Waals surface area contributed by atoms with E-state index in [1.54, 1.807) is 60.7 Å². The van der Waals surface area contributed by atoms with E-state index < -0.39 is 22.0 Å². The van der Waals surface area contributed by atoms with Gasteiger partial charge in [-0.3, -0.25) is 24.5 Å². The van der Waals surface area contributed by atoms with Crippen molar-refractivity contribution >= 4 is 75.0 Å². The van der Waals surface area contributed by atoms with Gasteiger partial charge in [0.1, 0.15) is 10.9 Å². The monoisotopic (exact) mass is 745 g/mol. The highest BCUT2D eigenvalue weighted by molar-refractivity contribution is 8.00. The second kappa shape index (κ2) is 16.8. The van der Waals surface area contributed by atoms with E-state index in [0.717, 1.165) is 11.1 Å². The number of anilines is 2. The number of halogens is 1. The van der Waals surface area contributed by atoms with Gasteiger partial charge in [0.05, 0.1) is 16.2 Å². The lowest BCUT2D eigenvalue weighted by molar-refractivity contribution is -0.385. The van der Waals surface area contributed by atoms with E-state index in [1.165, 1.54) is 47.4 Å². The highest BCUT2D eigenvalue weighted by atomic mass is 35.5. The minimum Gasteiger partial charge on any atom is -0.321 e. The first-order valence-electron chi connectivity index (χ1n) is 15.7. The second-order valence-electron chi connectivity index (χ2n) is 11.1. The number of nitrogens with one attached hydrogen (secondary N) is 3. The summed E-state index contributed by atoms with van der Waals surface area (Å²) >= 11 is 8.92. The van der Waals surface area contributed by atoms with Crippen molar-refractivity contribution in [2.24, 2.45) is 0 Å². The van der Waals surface area contributed by atoms with Crippen molar-refractivity contribution in [2.75, 3.05) is 10.6 Å². The summed E-state index contributed by atoms with van der Waals surface area (Å²) in [6.07, 6.45) is 1.26. The molecule has 0 spiro atoms. The van der Waals surface area contributed by atoms with Crippen LogP contribution in [0.5, 0.6) is 0 Å². The Kier molecular flexibility index (Phi) is 11.5. The number of thiazole rings is 1. The van der Waals surface area contributed by atoms with Crippen LogP contribution in [-0.4, -0.2) is 27.6 Å². The molecule has 3 amide bonds. The number of thioether (sulfide) groups is 1. The molecule has 1 atom stereocenters. The molecule has 0 saturated heterocycles. The summed E-state index contributed by atoms with van der Waals surface area (Å²) in [6, 6.07) is 37.7. The Hall–Kier alpha value is -6.08. The molecule has 258 valence electrons. The molecule has 3 N–H and O–H groups in total. The van der Waals surface area contributed by atoms with Gasteiger partial charge in [-0.2, -0.15) is 0 Å². The van der Waals surface area contributed by atoms with Crippen LogP contribution >= 0.6 is 34.7 Å². The van der Waals surface area contributed by atoms with Gasteiger partial charge in [0, 0.05) is 38.2 Å². The van der Waals surface area contributed by atoms with Gasteiger partial charge in [-0.1, -0.05) is 96.5 Å². The van der Waals surface area contributed by atoms with Gasteiger partial charge in [-0.05, 0) is 54.1 Å². The van der Waals surface area contributed by atoms with E-state index >= 15 is 0 Å². The van der Waals surface area contributed by atoms with Crippen molar-refractivity contribution in [3.05, 3.63) is 176 Å². The predicted molar refractivity (Wildman–Crippen MR) is 206 cm³/mol. The lowest BCUT2D eigenvalue weighted by Crippen LogP contribution is -2.30. The number of carbonyl (C=O) groups is 3. The van der Waals surface area contributed by atoms with Crippen LogP contribution in [0.25, 0.3) is 17.3 Å². The van der Waals surface area contributed by atoms with Gasteiger partial charge >= 0.3 is 0 Å². The summed E-state index contributed by atoms with van der Waals surface area (Å²) in [5.41, 5.74) is 2.51. The maximum atomic E-state index is 13.8. The predicted octanol–water partition coefficient (Wildman–Crippen LogP) is 9.25. The quantitative estimate of drug-likeness (QED) is 0.0490. The van der Waals surface area contributed by atoms with Crippen LogP contribution in [0.15, 0.2) is 149 Å². The van der Waals surface area contributed by atoms with E-state index in [2.05, 4.69) is 20.9 Å². The third kappa shape index (κ3) is 8.98. The zero-order valence-corrected chi connectivity index (χ0v) is 29.5. The van der Waals surface area contributed by atoms with Crippen LogP contribution in [0.1, 0.15) is 26.7 Å². The van der Waals surface area contributed by atoms with E-state index in [-0.39, 0.29) is 22.9 Å². The first-order chi connectivity index (χ1) is 25.2. The topological polar surface area (TPSA) is 143 Å². The molecule has 0 aliphatic carbocycles. The number of hydrogen-bond acceptors (Lipinski definition) is 8. The molecule has 1 heterocycles. The average molecular weight is 746 g/mol. The number of nitrogens with zero attached hydrogens (tertiary/aromatic N) is 2. The van der Waals surface area contributed by atoms with Crippen molar-refractivity contribution in [2.45, 2.75) is 10.1 Å². The van der Waals surface area contributed by atoms with Gasteiger partial charge in [0.15, 0.2) is 5.13 Å². The molecule has 0 aliphatic heterocycles. The summed E-state index contributed by atoms with van der Waals surface area (Å²) in [5, 5.41) is 22.1. The Bertz CT molecular complexity index is 2280. The third-order valence-electron chi connectivity index (χ3n) is 7.53. The first-order valence-corrected chi connectivity index (χ1v) is 17.8. The molecule has 5 aromatic carbocycles. The number of amides is 3. The highest BCUT2D eigenvalue weighted by Crippen LogP contribution is 2.38. The average Bonchev–Trinajstić information content (AvgIpc) is 3.62. The maximum absolute atomic E-state index is 13.8. The molecule has 0 bridgehead atoms. The number of rotatable bonds is 12. The lowest BCUT2D eigenvalue weighted by Gasteiger charge is -2.17. The Morgan fingerprint density at radius 2 is 1.52 bits per heavy atom. The summed E-state index contributed by atoms with van der Waals surface area (Å²) in [4.78, 5) is 57.0. The van der Waals surface area contributed by atoms with Gasteiger partial charge in [0.25, 0.3) is 17.5 Å². The normalized spacial score (nSPS) is 11.7. The largest absolute Gasteiger partial charge is 0.321 e. The number of nitro groups is 1. The van der Waals surface area contributed by atoms with Crippen molar-refractivity contribution < 1.29 is 19.3 Å². The molecular weight excluding hydrogens is 718 g/mol. The van der Waals surface area contributed by atoms with E-state index in [1.807, 2.05) is 60.0 Å². The van der Waals surface area contributed by atoms with Crippen LogP contribution in [0.2, 0.25) is 5.02 Å². The van der Waals surface area contributed by atoms with Gasteiger partial charge in [-0.15, -0.1) is 23.1 Å². The van der Waals surface area contributed by atoms with Crippen molar-refractivity contribution in [3.63, 3.8) is 0 Å². The number of carbonyl (C=O) groups excluding carboxylic acids is 3. The zero-order chi connectivity index (χ0) is 36.5. The smallest absolute Gasteiger partial charge is 0.276 e. The van der Waals surface area contributed by atoms with Crippen LogP contribution < -0.4 is 16.0 Å². The molecule has 0 aliphatic rings. The van der Waals surface area contributed by atoms with E-state index in [9.17, 15) is 24.5 Å². The number of benzene rings is 5. The fraction of sp³-hybridized carbons (Fsp3) is 0.0256. The molecular formula is C39H28ClN5O5S2. The maximum Gasteiger partial charge on any atom is 0.276 e. The van der Waals surface area contributed by atoms with Crippen LogP contribution in [0, 0.1) is 10.1 Å². The van der Waals surface area contributed by atoms with Gasteiger partial charge in [-0.25, -0.2) is 4.98 Å². The summed E-state index contributed by atoms with van der Waals surface area (Å²) in [5.74, 6) is -1.58. The first kappa shape index (κ1) is 35.7. The second-order valence-corrected chi connectivity index (χ2v) is 13.5. The van der Waals surface area contributed by atoms with Gasteiger partial charge < -0.3 is 16.0 Å². The molecule has 10 nitrogen and oxygen atoms in total. The summed E-state index contributed by atoms with van der Waals surface area (Å²) in [6.45, 7) is 0. The molecule has 0 fully saturated rings. The van der Waals surface area contributed by atoms with Crippen LogP contribution in [0.4, 0.5) is 16.5 Å². The van der Waals surface area contributed by atoms with E-state index in [0.29, 0.717) is 32.0 Å². The van der Waals surface area contributed by atoms with Crippen LogP contribution in [-0.2, 0) is 9.59 Å². The Morgan fingerprint density at radius 3 is 2.27 bits per heavy atom. The summed E-state index contributed by atoms with van der Waals surface area (Å²) in [7, 11) is 0. The zero-order valence-electron chi connectivity index (χ0n) is 27.1. The number of hydrogen-bond donors (Lipinski definition) is 3. The van der Waals surface area contributed by atoms with Crippen molar-refractivity contribution in [1.29, 1.82) is 0 Å². The number of nitro benzene ring substituents is 1. The Balaban J connectivity index is 1.24. The minimum atomic E-state index is -0.708. The standard InChI is InChI=1S/C39H28ClN5O5S2/c40-31-20-9-8-19-30(31)33-24-51-39(43-33)44-38(48)35(25-12-3-1-4-13-25)52-29-18-11-17-28(23-29)41-37(47)32(42-36(46)26-14-5-2-6-15-26)22-27-16-7-10-21-34(27)45(49)50/h1-24,35H,(H,41,47)(H,42,46)(H,43,44,48)/b32-22+. The molecule has 6 aromatic rings. The molecule has 0 radical (unpaired) electrons. The molecule has 0 saturated carbocycles. The number of para-hydroxylation sites is 1. The number of aromatic nitrogens is 1. The molecule has 1 aromatic heterocycles. The fourth-order valence-electron chi connectivity index (χ4n) is 5.05. The SMILES string of the molecule is O=C(Nc1cccc(SC(C(=O)Nc2nc(-c3ccccc3Cl)cs2)c2ccccc2)c1)/C(=C\c1ccccc1[N+](=O)[O-])NC(=O)c1ccccc1. The Morgan fingerprint density at radius 1 is 0.827 bits per heavy atom. The highest BCUT2D eigenvalue weighted by Gasteiger charge is 2.24. The molecule has 13 heteroatoms. The summed E-state index contributed by atoms with van der Waals surface area (Å²) < 4.78 is 0. The van der Waals surface area contributed by atoms with Crippen molar-refractivity contribution in [3.8, 4) is 11.3 Å². The Labute approximate surface area is 311 Å². The van der Waals surface area contributed by atoms with Crippen molar-refractivity contribution in [1.82, 2.24) is 10.3 Å². The van der Waals surface area contributed by atoms with Gasteiger partial charge in [0.2, 0.25) is 5.91 Å². The fourth-order valence-corrected chi connectivity index (χ4v) is 7.08. The third-order valence-corrected chi connectivity index (χ3v) is 9.87. The molecule has 1 unspecified atom stereocenters. The molecule has 52 heavy (non-hydrogen) atoms. The lowest BCUT2D eigenvalue weighted by atomic mass is 10.1. The van der Waals surface area contributed by atoms with Crippen LogP contribution in [0.3, 0.4) is 0 Å². The van der Waals surface area contributed by atoms with E-state index in [4.69, 9.17) is 11.6 Å². The molecule has 6 rings (SSSR count).